The summed E-state index contributed by atoms with van der Waals surface area (Å²) in [5.74, 6) is -3.44. The molecular formula is C25H24F3N3O2. The third kappa shape index (κ3) is 4.61. The molecule has 1 saturated heterocycles. The van der Waals surface area contributed by atoms with Gasteiger partial charge in [-0.2, -0.15) is 0 Å². The molecule has 0 aliphatic carbocycles. The van der Waals surface area contributed by atoms with Crippen molar-refractivity contribution in [1.29, 1.82) is 0 Å². The number of nitrogens with zero attached hydrogens (tertiary/aromatic N) is 2. The van der Waals surface area contributed by atoms with Crippen LogP contribution in [-0.2, 0) is 4.74 Å². The van der Waals surface area contributed by atoms with E-state index < -0.39 is 40.7 Å². The number of ether oxygens (including phenoxy) is 1. The van der Waals surface area contributed by atoms with Gasteiger partial charge in [0.05, 0.1) is 11.7 Å². The number of carbonyl (C=O) groups excluding carboxylic acids is 1. The first-order chi connectivity index (χ1) is 15.9. The second-order valence-corrected chi connectivity index (χ2v) is 8.23. The van der Waals surface area contributed by atoms with Gasteiger partial charge in [0.1, 0.15) is 23.0 Å². The summed E-state index contributed by atoms with van der Waals surface area (Å²) in [5, 5.41) is 2.75. The first-order valence-electron chi connectivity index (χ1n) is 10.9. The van der Waals surface area contributed by atoms with Crippen molar-refractivity contribution < 1.29 is 22.7 Å². The summed E-state index contributed by atoms with van der Waals surface area (Å²) >= 11 is 0. The van der Waals surface area contributed by atoms with Crippen molar-refractivity contribution in [3.63, 3.8) is 0 Å². The first-order valence-corrected chi connectivity index (χ1v) is 10.9. The highest BCUT2D eigenvalue weighted by Crippen LogP contribution is 2.42. The summed E-state index contributed by atoms with van der Waals surface area (Å²) in [7, 11) is 0. The van der Waals surface area contributed by atoms with Gasteiger partial charge in [-0.15, -0.1) is 0 Å². The second kappa shape index (κ2) is 9.70. The lowest BCUT2D eigenvalue weighted by Gasteiger charge is -2.27. The molecule has 3 aromatic rings. The lowest BCUT2D eigenvalue weighted by Crippen LogP contribution is -2.32. The molecule has 1 atom stereocenters. The number of hydrogen-bond acceptors (Lipinski definition) is 4. The predicted octanol–water partition coefficient (Wildman–Crippen LogP) is 5.61. The van der Waals surface area contributed by atoms with E-state index in [0.29, 0.717) is 18.6 Å². The molecule has 1 aliphatic rings. The van der Waals surface area contributed by atoms with Crippen LogP contribution >= 0.6 is 0 Å². The Bertz CT molecular complexity index is 1140. The fourth-order valence-corrected chi connectivity index (χ4v) is 4.04. The predicted molar refractivity (Wildman–Crippen MR) is 118 cm³/mol. The number of halogens is 3. The van der Waals surface area contributed by atoms with Crippen LogP contribution in [0, 0.1) is 17.5 Å². The van der Waals surface area contributed by atoms with Gasteiger partial charge in [-0.1, -0.05) is 12.1 Å². The molecule has 1 aliphatic heterocycles. The quantitative estimate of drug-likeness (QED) is 0.543. The van der Waals surface area contributed by atoms with Gasteiger partial charge < -0.3 is 10.1 Å². The molecule has 8 heteroatoms. The van der Waals surface area contributed by atoms with Crippen molar-refractivity contribution in [1.82, 2.24) is 15.3 Å². The maximum atomic E-state index is 16.1. The molecule has 0 radical (unpaired) electrons. The third-order valence-electron chi connectivity index (χ3n) is 5.46. The van der Waals surface area contributed by atoms with Crippen molar-refractivity contribution in [2.24, 2.45) is 0 Å². The van der Waals surface area contributed by atoms with Crippen molar-refractivity contribution in [3.8, 4) is 22.4 Å². The number of nitrogens with one attached hydrogen (secondary N) is 1. The van der Waals surface area contributed by atoms with E-state index in [2.05, 4.69) is 15.3 Å². The fraction of sp³-hybridized carbons (Fsp3) is 0.320. The third-order valence-corrected chi connectivity index (χ3v) is 5.46. The van der Waals surface area contributed by atoms with Gasteiger partial charge in [-0.25, -0.2) is 18.2 Å². The van der Waals surface area contributed by atoms with Crippen LogP contribution < -0.4 is 5.32 Å². The molecule has 3 heterocycles. The zero-order valence-electron chi connectivity index (χ0n) is 18.4. The van der Waals surface area contributed by atoms with Crippen molar-refractivity contribution in [3.05, 3.63) is 71.4 Å². The van der Waals surface area contributed by atoms with Gasteiger partial charge in [0.25, 0.3) is 5.91 Å². The van der Waals surface area contributed by atoms with E-state index in [1.807, 2.05) is 0 Å². The summed E-state index contributed by atoms with van der Waals surface area (Å²) in [5.41, 5.74) is -0.586. The summed E-state index contributed by atoms with van der Waals surface area (Å²) < 4.78 is 51.3. The highest BCUT2D eigenvalue weighted by atomic mass is 19.1. The molecule has 1 fully saturated rings. The van der Waals surface area contributed by atoms with E-state index in [1.165, 1.54) is 12.3 Å². The van der Waals surface area contributed by atoms with Crippen LogP contribution in [0.25, 0.3) is 22.4 Å². The van der Waals surface area contributed by atoms with E-state index in [0.717, 1.165) is 25.0 Å². The maximum Gasteiger partial charge on any atom is 0.270 e. The van der Waals surface area contributed by atoms with E-state index in [1.54, 1.807) is 32.2 Å². The Kier molecular flexibility index (Phi) is 6.74. The molecule has 0 bridgehead atoms. The molecule has 2 aromatic heterocycles. The minimum atomic E-state index is -0.971. The lowest BCUT2D eigenvalue weighted by molar-refractivity contribution is 0.0132. The molecule has 33 heavy (non-hydrogen) atoms. The monoisotopic (exact) mass is 455 g/mol. The Labute approximate surface area is 190 Å². The topological polar surface area (TPSA) is 64.1 Å². The highest BCUT2D eigenvalue weighted by Gasteiger charge is 2.33. The first kappa shape index (κ1) is 22.9. The highest BCUT2D eigenvalue weighted by molar-refractivity contribution is 6.00. The summed E-state index contributed by atoms with van der Waals surface area (Å²) in [4.78, 5) is 21.5. The average Bonchev–Trinajstić information content (AvgIpc) is 2.80. The van der Waals surface area contributed by atoms with Gasteiger partial charge in [0, 0.05) is 41.7 Å². The van der Waals surface area contributed by atoms with Crippen LogP contribution in [0.3, 0.4) is 0 Å². The largest absolute Gasteiger partial charge is 0.373 e. The summed E-state index contributed by atoms with van der Waals surface area (Å²) in [6.07, 6.45) is 4.46. The molecule has 4 rings (SSSR count). The minimum absolute atomic E-state index is 0.0595. The van der Waals surface area contributed by atoms with Crippen molar-refractivity contribution in [2.45, 2.75) is 45.3 Å². The van der Waals surface area contributed by atoms with Gasteiger partial charge in [-0.3, -0.25) is 9.78 Å². The second-order valence-electron chi connectivity index (χ2n) is 8.23. The Morgan fingerprint density at radius 2 is 1.85 bits per heavy atom. The molecule has 0 saturated carbocycles. The number of pyridine rings is 2. The molecule has 0 spiro atoms. The molecule has 1 unspecified atom stereocenters. The molecule has 1 amide bonds. The zero-order valence-corrected chi connectivity index (χ0v) is 18.4. The number of benzene rings is 1. The number of aromatic nitrogens is 2. The van der Waals surface area contributed by atoms with Crippen LogP contribution in [0.15, 0.2) is 42.7 Å². The Morgan fingerprint density at radius 1 is 1.09 bits per heavy atom. The van der Waals surface area contributed by atoms with E-state index in [4.69, 9.17) is 4.74 Å². The number of carbonyl (C=O) groups is 1. The number of hydrogen-bond donors (Lipinski definition) is 1. The Balaban J connectivity index is 2.08. The smallest absolute Gasteiger partial charge is 0.270 e. The van der Waals surface area contributed by atoms with E-state index >= 15 is 4.39 Å². The van der Waals surface area contributed by atoms with Crippen LogP contribution in [0.4, 0.5) is 13.2 Å². The number of amides is 1. The van der Waals surface area contributed by atoms with Gasteiger partial charge >= 0.3 is 0 Å². The zero-order chi connectivity index (χ0) is 23.5. The SMILES string of the molecule is CC(C)NC(=O)c1nc(-c2c(F)cccc2F)c(F)c(C2CCCCO2)c1-c1cccnc1. The van der Waals surface area contributed by atoms with Gasteiger partial charge in [-0.05, 0) is 51.3 Å². The molecular weight excluding hydrogens is 431 g/mol. The van der Waals surface area contributed by atoms with E-state index in [-0.39, 0.29) is 22.9 Å². The molecule has 1 aromatic carbocycles. The fourth-order valence-electron chi connectivity index (χ4n) is 4.04. The van der Waals surface area contributed by atoms with Crippen LogP contribution in [-0.4, -0.2) is 28.5 Å². The van der Waals surface area contributed by atoms with Gasteiger partial charge in [0.2, 0.25) is 0 Å². The molecule has 5 nitrogen and oxygen atoms in total. The van der Waals surface area contributed by atoms with E-state index in [9.17, 15) is 13.6 Å². The maximum absolute atomic E-state index is 16.1. The van der Waals surface area contributed by atoms with Gasteiger partial charge in [0.15, 0.2) is 5.82 Å². The molecule has 1 N–H and O–H groups in total. The van der Waals surface area contributed by atoms with Crippen molar-refractivity contribution in [2.75, 3.05) is 6.61 Å². The molecule has 172 valence electrons. The van der Waals surface area contributed by atoms with Crippen LogP contribution in [0.1, 0.15) is 55.3 Å². The normalized spacial score (nSPS) is 16.1. The minimum Gasteiger partial charge on any atom is -0.373 e. The summed E-state index contributed by atoms with van der Waals surface area (Å²) in [6.45, 7) is 3.96. The van der Waals surface area contributed by atoms with Crippen molar-refractivity contribution >= 4 is 5.91 Å². The average molecular weight is 455 g/mol. The standard InChI is InChI=1S/C25H24F3N3O2/c1-14(2)30-25(32)24-19(15-7-6-11-29-13-15)21(18-10-3-4-12-33-18)22(28)23(31-24)20-16(26)8-5-9-17(20)27/h5-9,11,13-14,18H,3-4,10,12H2,1-2H3,(H,30,32). The Morgan fingerprint density at radius 3 is 2.45 bits per heavy atom. The summed E-state index contributed by atoms with van der Waals surface area (Å²) in [6, 6.07) is 6.35. The lowest BCUT2D eigenvalue weighted by atomic mass is 9.89. The van der Waals surface area contributed by atoms with Crippen LogP contribution in [0.5, 0.6) is 0 Å². The number of rotatable bonds is 5. The van der Waals surface area contributed by atoms with Crippen LogP contribution in [0.2, 0.25) is 0 Å². The Hall–Kier alpha value is -3.26.